The number of nitrogens with zero attached hydrogens (tertiary/aromatic N) is 4. The summed E-state index contributed by atoms with van der Waals surface area (Å²) in [6.45, 7) is 0.594. The van der Waals surface area contributed by atoms with Crippen molar-refractivity contribution in [1.82, 2.24) is 18.7 Å². The van der Waals surface area contributed by atoms with Gasteiger partial charge in [-0.15, -0.1) is 0 Å². The van der Waals surface area contributed by atoms with Crippen molar-refractivity contribution in [1.29, 1.82) is 0 Å². The molecule has 1 saturated heterocycles. The van der Waals surface area contributed by atoms with Gasteiger partial charge in [0, 0.05) is 37.1 Å². The summed E-state index contributed by atoms with van der Waals surface area (Å²) in [6.07, 6.45) is 2.37. The van der Waals surface area contributed by atoms with E-state index in [1.807, 2.05) is 42.5 Å². The molecule has 1 aromatic heterocycles. The molecular formula is C21H25N5O4S. The summed E-state index contributed by atoms with van der Waals surface area (Å²) in [5.74, 6) is 0.212. The van der Waals surface area contributed by atoms with Crippen LogP contribution in [0.2, 0.25) is 0 Å². The smallest absolute Gasteiger partial charge is 0.324 e. The molecule has 164 valence electrons. The van der Waals surface area contributed by atoms with Crippen molar-refractivity contribution in [2.75, 3.05) is 24.7 Å². The van der Waals surface area contributed by atoms with E-state index in [9.17, 15) is 18.0 Å². The molecule has 9 nitrogen and oxygen atoms in total. The standard InChI is InChI=1S/C21H25N5O4S/c1-24-20(16-10-12-25(13-11-16)31(2,29)30)23-26(21(24)28)14-19(27)22-18-9-5-7-15-6-3-4-8-17(15)18/h3-9,16H,10-14H2,1-2H3,(H,22,27). The highest BCUT2D eigenvalue weighted by atomic mass is 32.2. The van der Waals surface area contributed by atoms with E-state index in [0.29, 0.717) is 37.4 Å². The quantitative estimate of drug-likeness (QED) is 0.643. The number of carbonyl (C=O) groups excluding carboxylic acids is 1. The molecule has 0 spiro atoms. The number of hydrogen-bond donors (Lipinski definition) is 1. The van der Waals surface area contributed by atoms with Crippen molar-refractivity contribution in [3.05, 3.63) is 58.8 Å². The van der Waals surface area contributed by atoms with Gasteiger partial charge in [0.05, 0.1) is 6.26 Å². The third-order valence-electron chi connectivity index (χ3n) is 5.72. The molecule has 4 rings (SSSR count). The Balaban J connectivity index is 1.48. The van der Waals surface area contributed by atoms with E-state index in [1.54, 1.807) is 7.05 Å². The molecule has 2 heterocycles. The van der Waals surface area contributed by atoms with Crippen LogP contribution in [0.1, 0.15) is 24.6 Å². The zero-order valence-electron chi connectivity index (χ0n) is 17.5. The SMILES string of the molecule is Cn1c(C2CCN(S(C)(=O)=O)CC2)nn(CC(=O)Nc2cccc3ccccc23)c1=O. The molecule has 0 aliphatic carbocycles. The highest BCUT2D eigenvalue weighted by molar-refractivity contribution is 7.88. The van der Waals surface area contributed by atoms with Gasteiger partial charge in [0.15, 0.2) is 0 Å². The predicted molar refractivity (Wildman–Crippen MR) is 118 cm³/mol. The predicted octanol–water partition coefficient (Wildman–Crippen LogP) is 1.51. The summed E-state index contributed by atoms with van der Waals surface area (Å²) >= 11 is 0. The Morgan fingerprint density at radius 2 is 1.81 bits per heavy atom. The maximum Gasteiger partial charge on any atom is 0.346 e. The molecular weight excluding hydrogens is 418 g/mol. The zero-order chi connectivity index (χ0) is 22.2. The summed E-state index contributed by atoms with van der Waals surface area (Å²) in [7, 11) is -1.59. The van der Waals surface area contributed by atoms with E-state index in [0.717, 1.165) is 10.8 Å². The molecule has 10 heteroatoms. The van der Waals surface area contributed by atoms with Crippen LogP contribution in [0.3, 0.4) is 0 Å². The summed E-state index contributed by atoms with van der Waals surface area (Å²) in [6, 6.07) is 13.4. The highest BCUT2D eigenvalue weighted by Gasteiger charge is 2.29. The van der Waals surface area contributed by atoms with Crippen LogP contribution >= 0.6 is 0 Å². The first-order valence-electron chi connectivity index (χ1n) is 10.1. The van der Waals surface area contributed by atoms with E-state index >= 15 is 0 Å². The lowest BCUT2D eigenvalue weighted by molar-refractivity contribution is -0.117. The van der Waals surface area contributed by atoms with Crippen molar-refractivity contribution in [2.45, 2.75) is 25.3 Å². The van der Waals surface area contributed by atoms with Crippen LogP contribution in [0.4, 0.5) is 5.69 Å². The molecule has 0 unspecified atom stereocenters. The van der Waals surface area contributed by atoms with Crippen molar-refractivity contribution < 1.29 is 13.2 Å². The Kier molecular flexibility index (Phi) is 5.67. The fraction of sp³-hybridized carbons (Fsp3) is 0.381. The number of carbonyl (C=O) groups is 1. The number of aromatic nitrogens is 3. The van der Waals surface area contributed by atoms with Crippen LogP contribution in [0.25, 0.3) is 10.8 Å². The summed E-state index contributed by atoms with van der Waals surface area (Å²) in [4.78, 5) is 25.3. The first kappa shape index (κ1) is 21.3. The molecule has 1 N–H and O–H groups in total. The fourth-order valence-corrected chi connectivity index (χ4v) is 4.94. The van der Waals surface area contributed by atoms with E-state index in [-0.39, 0.29) is 24.1 Å². The number of fused-ring (bicyclic) bond motifs is 1. The Labute approximate surface area is 180 Å². The topological polar surface area (TPSA) is 106 Å². The van der Waals surface area contributed by atoms with Crippen LogP contribution in [0.5, 0.6) is 0 Å². The van der Waals surface area contributed by atoms with Gasteiger partial charge >= 0.3 is 5.69 Å². The minimum atomic E-state index is -3.22. The Bertz CT molecular complexity index is 1280. The largest absolute Gasteiger partial charge is 0.346 e. The van der Waals surface area contributed by atoms with Crippen LogP contribution in [0, 0.1) is 0 Å². The number of sulfonamides is 1. The first-order chi connectivity index (χ1) is 14.7. The van der Waals surface area contributed by atoms with Crippen LogP contribution < -0.4 is 11.0 Å². The van der Waals surface area contributed by atoms with Gasteiger partial charge < -0.3 is 5.32 Å². The normalized spacial score (nSPS) is 15.9. The van der Waals surface area contributed by atoms with Crippen LogP contribution in [0.15, 0.2) is 47.3 Å². The Morgan fingerprint density at radius 3 is 2.52 bits per heavy atom. The maximum absolute atomic E-state index is 12.6. The summed E-state index contributed by atoms with van der Waals surface area (Å²) in [5, 5.41) is 9.21. The van der Waals surface area contributed by atoms with Gasteiger partial charge in [-0.3, -0.25) is 9.36 Å². The average Bonchev–Trinajstić information content (AvgIpc) is 3.02. The molecule has 0 bridgehead atoms. The average molecular weight is 444 g/mol. The molecule has 0 atom stereocenters. The lowest BCUT2D eigenvalue weighted by atomic mass is 9.97. The van der Waals surface area contributed by atoms with Gasteiger partial charge in [-0.1, -0.05) is 36.4 Å². The van der Waals surface area contributed by atoms with E-state index in [1.165, 1.54) is 19.8 Å². The Hall–Kier alpha value is -2.98. The first-order valence-corrected chi connectivity index (χ1v) is 12.0. The third-order valence-corrected chi connectivity index (χ3v) is 7.02. The second-order valence-corrected chi connectivity index (χ2v) is 9.85. The molecule has 3 aromatic rings. The monoisotopic (exact) mass is 443 g/mol. The summed E-state index contributed by atoms with van der Waals surface area (Å²) < 4.78 is 27.5. The van der Waals surface area contributed by atoms with Gasteiger partial charge in [0.1, 0.15) is 12.4 Å². The zero-order valence-corrected chi connectivity index (χ0v) is 18.3. The van der Waals surface area contributed by atoms with Gasteiger partial charge in [0.2, 0.25) is 15.9 Å². The van der Waals surface area contributed by atoms with E-state index in [2.05, 4.69) is 10.4 Å². The second-order valence-electron chi connectivity index (χ2n) is 7.87. The Morgan fingerprint density at radius 1 is 1.13 bits per heavy atom. The minimum absolute atomic E-state index is 0.0296. The molecule has 0 saturated carbocycles. The van der Waals surface area contributed by atoms with Gasteiger partial charge in [-0.05, 0) is 24.3 Å². The molecule has 1 aliphatic heterocycles. The van der Waals surface area contributed by atoms with Crippen molar-refractivity contribution in [3.63, 3.8) is 0 Å². The molecule has 1 aliphatic rings. The van der Waals surface area contributed by atoms with Gasteiger partial charge in [0.25, 0.3) is 0 Å². The molecule has 0 radical (unpaired) electrons. The maximum atomic E-state index is 12.6. The van der Waals surface area contributed by atoms with E-state index in [4.69, 9.17) is 0 Å². The second kappa shape index (κ2) is 8.27. The highest BCUT2D eigenvalue weighted by Crippen LogP contribution is 2.27. The van der Waals surface area contributed by atoms with Gasteiger partial charge in [-0.2, -0.15) is 5.10 Å². The molecule has 1 fully saturated rings. The van der Waals surface area contributed by atoms with Crippen molar-refractivity contribution in [3.8, 4) is 0 Å². The van der Waals surface area contributed by atoms with Gasteiger partial charge in [-0.25, -0.2) is 22.2 Å². The number of piperidine rings is 1. The minimum Gasteiger partial charge on any atom is -0.324 e. The van der Waals surface area contributed by atoms with Crippen LogP contribution in [-0.4, -0.2) is 52.3 Å². The lowest BCUT2D eigenvalue weighted by Gasteiger charge is -2.29. The number of rotatable bonds is 5. The molecule has 1 amide bonds. The molecule has 2 aromatic carbocycles. The number of anilines is 1. The fourth-order valence-electron chi connectivity index (χ4n) is 4.07. The number of nitrogens with one attached hydrogen (secondary N) is 1. The van der Waals surface area contributed by atoms with Crippen molar-refractivity contribution >= 4 is 32.4 Å². The lowest BCUT2D eigenvalue weighted by Crippen LogP contribution is -2.37. The molecule has 31 heavy (non-hydrogen) atoms. The summed E-state index contributed by atoms with van der Waals surface area (Å²) in [5.41, 5.74) is 0.314. The third kappa shape index (κ3) is 4.40. The number of amides is 1. The van der Waals surface area contributed by atoms with Crippen molar-refractivity contribution in [2.24, 2.45) is 7.05 Å². The van der Waals surface area contributed by atoms with Crippen LogP contribution in [-0.2, 0) is 28.4 Å². The van der Waals surface area contributed by atoms with E-state index < -0.39 is 10.0 Å². The number of benzene rings is 2. The number of hydrogen-bond acceptors (Lipinski definition) is 5.